The fraction of sp³-hybridized carbons (Fsp3) is 0.480. The lowest BCUT2D eigenvalue weighted by Gasteiger charge is -2.24. The number of nitrogens with zero attached hydrogens (tertiary/aromatic N) is 2. The van der Waals surface area contributed by atoms with Crippen LogP contribution in [0.4, 0.5) is 10.1 Å². The van der Waals surface area contributed by atoms with Gasteiger partial charge in [-0.15, -0.1) is 0 Å². The molecule has 1 saturated heterocycles. The molecule has 7 nitrogen and oxygen atoms in total. The summed E-state index contributed by atoms with van der Waals surface area (Å²) in [5.74, 6) is -0.214. The van der Waals surface area contributed by atoms with E-state index in [9.17, 15) is 17.6 Å². The van der Waals surface area contributed by atoms with Gasteiger partial charge in [0.2, 0.25) is 15.9 Å². The van der Waals surface area contributed by atoms with Gasteiger partial charge in [-0.1, -0.05) is 26.0 Å². The molecule has 1 aliphatic rings. The molecular formula is C25H34FN3O4S. The smallest absolute Gasteiger partial charge is 0.246 e. The highest BCUT2D eigenvalue weighted by Crippen LogP contribution is 2.30. The van der Waals surface area contributed by atoms with Gasteiger partial charge in [0.15, 0.2) is 0 Å². The van der Waals surface area contributed by atoms with E-state index in [1.807, 2.05) is 6.07 Å². The van der Waals surface area contributed by atoms with Crippen LogP contribution in [-0.2, 0) is 21.2 Å². The minimum atomic E-state index is -3.77. The van der Waals surface area contributed by atoms with Gasteiger partial charge < -0.3 is 10.1 Å². The maximum atomic E-state index is 13.5. The number of rotatable bonds is 11. The Morgan fingerprint density at radius 1 is 1.18 bits per heavy atom. The summed E-state index contributed by atoms with van der Waals surface area (Å²) in [4.78, 5) is 15.0. The summed E-state index contributed by atoms with van der Waals surface area (Å²) in [5.41, 5.74) is 1.31. The van der Waals surface area contributed by atoms with Gasteiger partial charge in [0, 0.05) is 24.8 Å². The first-order valence-corrected chi connectivity index (χ1v) is 13.3. The van der Waals surface area contributed by atoms with E-state index in [1.54, 1.807) is 39.0 Å². The van der Waals surface area contributed by atoms with Crippen molar-refractivity contribution >= 4 is 21.6 Å². The quantitative estimate of drug-likeness (QED) is 0.516. The normalized spacial score (nSPS) is 16.7. The van der Waals surface area contributed by atoms with Gasteiger partial charge in [0.25, 0.3) is 0 Å². The van der Waals surface area contributed by atoms with Crippen molar-refractivity contribution in [3.05, 3.63) is 53.8 Å². The summed E-state index contributed by atoms with van der Waals surface area (Å²) in [6.45, 7) is 7.33. The molecule has 34 heavy (non-hydrogen) atoms. The molecule has 0 radical (unpaired) electrons. The maximum Gasteiger partial charge on any atom is 0.246 e. The van der Waals surface area contributed by atoms with Crippen LogP contribution in [0.5, 0.6) is 5.75 Å². The summed E-state index contributed by atoms with van der Waals surface area (Å²) in [7, 11) is -3.77. The fourth-order valence-electron chi connectivity index (χ4n) is 4.42. The van der Waals surface area contributed by atoms with Gasteiger partial charge in [-0.05, 0) is 68.6 Å². The summed E-state index contributed by atoms with van der Waals surface area (Å²) in [5, 5.41) is 2.84. The second-order valence-corrected chi connectivity index (χ2v) is 10.2. The van der Waals surface area contributed by atoms with Crippen LogP contribution >= 0.6 is 0 Å². The monoisotopic (exact) mass is 491 g/mol. The third kappa shape index (κ3) is 6.34. The van der Waals surface area contributed by atoms with Crippen LogP contribution in [0.25, 0.3) is 0 Å². The highest BCUT2D eigenvalue weighted by molar-refractivity contribution is 7.89. The Labute approximate surface area is 201 Å². The summed E-state index contributed by atoms with van der Waals surface area (Å²) in [6, 6.07) is 11.4. The SMILES string of the molecule is CCOc1ccc(NC(=O)CN2CCCC2Cc2cccc(F)c2)cc1S(=O)(=O)N(CC)CC. The van der Waals surface area contributed by atoms with Crippen LogP contribution in [0.1, 0.15) is 39.2 Å². The zero-order valence-electron chi connectivity index (χ0n) is 20.1. The molecule has 3 rings (SSSR count). The minimum Gasteiger partial charge on any atom is -0.492 e. The van der Waals surface area contributed by atoms with Crippen molar-refractivity contribution < 1.29 is 22.3 Å². The van der Waals surface area contributed by atoms with Crippen molar-refractivity contribution in [2.45, 2.75) is 51.0 Å². The molecule has 0 aromatic heterocycles. The van der Waals surface area contributed by atoms with E-state index >= 15 is 0 Å². The number of nitrogens with one attached hydrogen (secondary N) is 1. The number of likely N-dealkylation sites (tertiary alicyclic amines) is 1. The first-order valence-electron chi connectivity index (χ1n) is 11.8. The van der Waals surface area contributed by atoms with Gasteiger partial charge in [-0.3, -0.25) is 9.69 Å². The maximum absolute atomic E-state index is 13.5. The van der Waals surface area contributed by atoms with Crippen LogP contribution in [0.2, 0.25) is 0 Å². The molecular weight excluding hydrogens is 457 g/mol. The molecule has 1 amide bonds. The number of carbonyl (C=O) groups is 1. The number of benzene rings is 2. The molecule has 0 spiro atoms. The zero-order valence-corrected chi connectivity index (χ0v) is 20.9. The van der Waals surface area contributed by atoms with E-state index in [2.05, 4.69) is 10.2 Å². The Morgan fingerprint density at radius 2 is 1.94 bits per heavy atom. The Balaban J connectivity index is 1.72. The highest BCUT2D eigenvalue weighted by Gasteiger charge is 2.28. The standard InChI is InChI=1S/C25H34FN3O4S/c1-4-29(5-2)34(31,32)24-17-21(12-13-23(24)33-6-3)27-25(30)18-28-14-8-11-22(28)16-19-9-7-10-20(26)15-19/h7,9-10,12-13,15,17,22H,4-6,8,11,14,16,18H2,1-3H3,(H,27,30). The Bertz CT molecular complexity index is 1090. The van der Waals surface area contributed by atoms with Gasteiger partial charge in [-0.2, -0.15) is 4.31 Å². The number of carbonyl (C=O) groups excluding carboxylic acids is 1. The molecule has 1 atom stereocenters. The summed E-state index contributed by atoms with van der Waals surface area (Å²) >= 11 is 0. The number of sulfonamides is 1. The molecule has 0 saturated carbocycles. The van der Waals surface area contributed by atoms with E-state index in [0.29, 0.717) is 31.8 Å². The number of ether oxygens (including phenoxy) is 1. The minimum absolute atomic E-state index is 0.0426. The molecule has 0 bridgehead atoms. The van der Waals surface area contributed by atoms with Crippen LogP contribution in [0, 0.1) is 5.82 Å². The van der Waals surface area contributed by atoms with E-state index in [0.717, 1.165) is 24.9 Å². The molecule has 1 N–H and O–H groups in total. The third-order valence-electron chi connectivity index (χ3n) is 6.06. The lowest BCUT2D eigenvalue weighted by Crippen LogP contribution is -2.38. The number of halogens is 1. The molecule has 1 fully saturated rings. The topological polar surface area (TPSA) is 79.0 Å². The van der Waals surface area contributed by atoms with Crippen molar-refractivity contribution in [3.8, 4) is 5.75 Å². The largest absolute Gasteiger partial charge is 0.492 e. The third-order valence-corrected chi connectivity index (χ3v) is 8.13. The highest BCUT2D eigenvalue weighted by atomic mass is 32.2. The lowest BCUT2D eigenvalue weighted by molar-refractivity contribution is -0.117. The molecule has 186 valence electrons. The molecule has 2 aromatic rings. The van der Waals surface area contributed by atoms with Crippen LogP contribution in [-0.4, -0.2) is 62.4 Å². The Hall–Kier alpha value is -2.49. The molecule has 1 unspecified atom stereocenters. The first-order chi connectivity index (χ1) is 16.3. The van der Waals surface area contributed by atoms with E-state index in [4.69, 9.17) is 4.74 Å². The predicted molar refractivity (Wildman–Crippen MR) is 131 cm³/mol. The summed E-state index contributed by atoms with van der Waals surface area (Å²) < 4.78 is 46.8. The molecule has 1 heterocycles. The van der Waals surface area contributed by atoms with Gasteiger partial charge in [0.05, 0.1) is 13.2 Å². The van der Waals surface area contributed by atoms with Crippen molar-refractivity contribution in [3.63, 3.8) is 0 Å². The fourth-order valence-corrected chi connectivity index (χ4v) is 6.04. The predicted octanol–water partition coefficient (Wildman–Crippen LogP) is 3.90. The number of amides is 1. The van der Waals surface area contributed by atoms with Gasteiger partial charge >= 0.3 is 0 Å². The van der Waals surface area contributed by atoms with Crippen molar-refractivity contribution in [2.24, 2.45) is 0 Å². The number of hydrogen-bond acceptors (Lipinski definition) is 5. The molecule has 9 heteroatoms. The second kappa shape index (κ2) is 11.8. The Kier molecular flexibility index (Phi) is 9.04. The van der Waals surface area contributed by atoms with E-state index in [-0.39, 0.29) is 35.0 Å². The number of anilines is 1. The van der Waals surface area contributed by atoms with Crippen LogP contribution in [0.15, 0.2) is 47.4 Å². The van der Waals surface area contributed by atoms with Crippen molar-refractivity contribution in [2.75, 3.05) is 38.1 Å². The Morgan fingerprint density at radius 3 is 2.62 bits per heavy atom. The molecule has 1 aliphatic heterocycles. The molecule has 0 aliphatic carbocycles. The van der Waals surface area contributed by atoms with Crippen molar-refractivity contribution in [1.29, 1.82) is 0 Å². The lowest BCUT2D eigenvalue weighted by atomic mass is 10.0. The molecule has 2 aromatic carbocycles. The zero-order chi connectivity index (χ0) is 24.7. The number of hydrogen-bond donors (Lipinski definition) is 1. The average Bonchev–Trinajstić information content (AvgIpc) is 3.21. The summed E-state index contributed by atoms with van der Waals surface area (Å²) in [6.07, 6.45) is 2.60. The second-order valence-electron chi connectivity index (χ2n) is 8.33. The van der Waals surface area contributed by atoms with Crippen molar-refractivity contribution in [1.82, 2.24) is 9.21 Å². The van der Waals surface area contributed by atoms with Gasteiger partial charge in [-0.25, -0.2) is 12.8 Å². The van der Waals surface area contributed by atoms with E-state index in [1.165, 1.54) is 22.5 Å². The average molecular weight is 492 g/mol. The van der Waals surface area contributed by atoms with Crippen LogP contribution < -0.4 is 10.1 Å². The van der Waals surface area contributed by atoms with Gasteiger partial charge in [0.1, 0.15) is 16.5 Å². The van der Waals surface area contributed by atoms with Crippen LogP contribution in [0.3, 0.4) is 0 Å². The van der Waals surface area contributed by atoms with E-state index < -0.39 is 10.0 Å². The first kappa shape index (κ1) is 26.1.